The lowest BCUT2D eigenvalue weighted by atomic mass is 10.2. The molecule has 0 aliphatic rings. The number of ether oxygens (including phenoxy) is 1. The Morgan fingerprint density at radius 2 is 2.03 bits per heavy atom. The van der Waals surface area contributed by atoms with Gasteiger partial charge in [0, 0.05) is 0 Å². The molecule has 0 bridgehead atoms. The third kappa shape index (κ3) is 5.24. The van der Waals surface area contributed by atoms with Gasteiger partial charge in [-0.3, -0.25) is 9.59 Å². The maximum Gasteiger partial charge on any atom is 0.416 e. The monoisotopic (exact) mass is 436 g/mol. The van der Waals surface area contributed by atoms with E-state index in [1.54, 1.807) is 12.1 Å². The van der Waals surface area contributed by atoms with Crippen molar-refractivity contribution in [2.24, 2.45) is 0 Å². The number of alkyl halides is 3. The van der Waals surface area contributed by atoms with Crippen molar-refractivity contribution in [1.29, 1.82) is 0 Å². The van der Waals surface area contributed by atoms with Crippen LogP contribution in [0.25, 0.3) is 5.69 Å². The second-order valence-electron chi connectivity index (χ2n) is 6.53. The van der Waals surface area contributed by atoms with Gasteiger partial charge in [-0.05, 0) is 37.3 Å². The quantitative estimate of drug-likeness (QED) is 0.594. The van der Waals surface area contributed by atoms with E-state index in [9.17, 15) is 22.8 Å². The minimum atomic E-state index is -4.52. The fraction of sp³-hybridized carbons (Fsp3) is 0.250. The topological polar surface area (TPSA) is 98.4 Å². The fourth-order valence-electron chi connectivity index (χ4n) is 2.69. The third-order valence-electron chi connectivity index (χ3n) is 4.31. The molecule has 8 nitrogen and oxygen atoms in total. The van der Waals surface area contributed by atoms with Crippen molar-refractivity contribution in [1.82, 2.24) is 20.4 Å². The SMILES string of the molecule is COc1cn(-c2cccc(C(F)(F)F)c2)nc1C(=O)NC(C)C(=O)NCc1ccco1. The molecule has 0 fully saturated rings. The van der Waals surface area contributed by atoms with Gasteiger partial charge in [-0.25, -0.2) is 4.68 Å². The maximum atomic E-state index is 13.0. The van der Waals surface area contributed by atoms with Gasteiger partial charge in [0.2, 0.25) is 5.91 Å². The highest BCUT2D eigenvalue weighted by Crippen LogP contribution is 2.30. The molecule has 3 aromatic rings. The molecule has 0 spiro atoms. The van der Waals surface area contributed by atoms with E-state index in [4.69, 9.17) is 9.15 Å². The second-order valence-corrected chi connectivity index (χ2v) is 6.53. The molecule has 31 heavy (non-hydrogen) atoms. The summed E-state index contributed by atoms with van der Waals surface area (Å²) < 4.78 is 50.3. The molecule has 2 amide bonds. The van der Waals surface area contributed by atoms with Gasteiger partial charge >= 0.3 is 6.18 Å². The Labute approximate surface area is 175 Å². The van der Waals surface area contributed by atoms with Crippen LogP contribution in [0.3, 0.4) is 0 Å². The highest BCUT2D eigenvalue weighted by atomic mass is 19.4. The Kier molecular flexibility index (Phi) is 6.33. The average Bonchev–Trinajstić information content (AvgIpc) is 3.41. The van der Waals surface area contributed by atoms with E-state index in [0.717, 1.165) is 16.8 Å². The predicted molar refractivity (Wildman–Crippen MR) is 103 cm³/mol. The second kappa shape index (κ2) is 8.94. The molecule has 11 heteroatoms. The third-order valence-corrected chi connectivity index (χ3v) is 4.31. The first-order valence-electron chi connectivity index (χ1n) is 9.11. The summed E-state index contributed by atoms with van der Waals surface area (Å²) in [6, 6.07) is 6.94. The number of hydrogen-bond donors (Lipinski definition) is 2. The number of carbonyl (C=O) groups excluding carboxylic acids is 2. The van der Waals surface area contributed by atoms with E-state index >= 15 is 0 Å². The van der Waals surface area contributed by atoms with E-state index in [1.165, 1.54) is 38.6 Å². The van der Waals surface area contributed by atoms with E-state index in [0.29, 0.717) is 5.76 Å². The molecular weight excluding hydrogens is 417 g/mol. The van der Waals surface area contributed by atoms with Crippen LogP contribution >= 0.6 is 0 Å². The molecular formula is C20H19F3N4O4. The van der Waals surface area contributed by atoms with E-state index in [2.05, 4.69) is 15.7 Å². The van der Waals surface area contributed by atoms with Crippen molar-refractivity contribution in [3.05, 3.63) is 65.9 Å². The number of nitrogens with zero attached hydrogens (tertiary/aromatic N) is 2. The summed E-state index contributed by atoms with van der Waals surface area (Å²) in [7, 11) is 1.30. The van der Waals surface area contributed by atoms with Crippen LogP contribution in [0.15, 0.2) is 53.3 Å². The summed E-state index contributed by atoms with van der Waals surface area (Å²) in [5.74, 6) is -0.587. The molecule has 2 N–H and O–H groups in total. The molecule has 2 heterocycles. The molecule has 0 saturated carbocycles. The molecule has 0 aliphatic carbocycles. The van der Waals surface area contributed by atoms with Crippen molar-refractivity contribution in [2.75, 3.05) is 7.11 Å². The number of rotatable bonds is 7. The summed E-state index contributed by atoms with van der Waals surface area (Å²) in [5.41, 5.74) is -0.936. The van der Waals surface area contributed by atoms with Gasteiger partial charge in [0.05, 0.1) is 37.4 Å². The lowest BCUT2D eigenvalue weighted by molar-refractivity contribution is -0.137. The smallest absolute Gasteiger partial charge is 0.416 e. The zero-order chi connectivity index (χ0) is 22.6. The minimum Gasteiger partial charge on any atom is -0.493 e. The van der Waals surface area contributed by atoms with Crippen LogP contribution in [-0.4, -0.2) is 34.7 Å². The lowest BCUT2D eigenvalue weighted by Crippen LogP contribution is -2.44. The van der Waals surface area contributed by atoms with Crippen LogP contribution in [0.5, 0.6) is 5.75 Å². The van der Waals surface area contributed by atoms with Gasteiger partial charge in [-0.15, -0.1) is 0 Å². The summed E-state index contributed by atoms with van der Waals surface area (Å²) in [6.45, 7) is 1.63. The molecule has 0 aliphatic heterocycles. The Morgan fingerprint density at radius 1 is 1.26 bits per heavy atom. The van der Waals surface area contributed by atoms with E-state index in [1.807, 2.05) is 0 Å². The molecule has 0 radical (unpaired) electrons. The van der Waals surface area contributed by atoms with Crippen LogP contribution in [0.1, 0.15) is 28.7 Å². The van der Waals surface area contributed by atoms with Gasteiger partial charge in [0.15, 0.2) is 11.4 Å². The van der Waals surface area contributed by atoms with Crippen LogP contribution in [0.2, 0.25) is 0 Å². The molecule has 1 aromatic carbocycles. The standard InChI is InChI=1S/C20H19F3N4O4/c1-12(18(28)24-10-15-7-4-8-31-15)25-19(29)17-16(30-2)11-27(26-17)14-6-3-5-13(9-14)20(21,22)23/h3-9,11-12H,10H2,1-2H3,(H,24,28)(H,25,29). The minimum absolute atomic E-state index is 0.0399. The molecule has 3 rings (SSSR count). The van der Waals surface area contributed by atoms with Crippen LogP contribution in [-0.2, 0) is 17.5 Å². The number of methoxy groups -OCH3 is 1. The number of benzene rings is 1. The number of furan rings is 1. The molecule has 1 unspecified atom stereocenters. The Balaban J connectivity index is 1.73. The zero-order valence-corrected chi connectivity index (χ0v) is 16.6. The maximum absolute atomic E-state index is 13.0. The van der Waals surface area contributed by atoms with Crippen molar-refractivity contribution >= 4 is 11.8 Å². The van der Waals surface area contributed by atoms with Crippen molar-refractivity contribution in [3.8, 4) is 11.4 Å². The largest absolute Gasteiger partial charge is 0.493 e. The molecule has 164 valence electrons. The lowest BCUT2D eigenvalue weighted by Gasteiger charge is -2.13. The van der Waals surface area contributed by atoms with Gasteiger partial charge in [0.25, 0.3) is 5.91 Å². The van der Waals surface area contributed by atoms with Crippen LogP contribution in [0, 0.1) is 0 Å². The fourth-order valence-corrected chi connectivity index (χ4v) is 2.69. The number of halogens is 3. The first kappa shape index (κ1) is 21.9. The predicted octanol–water partition coefficient (Wildman–Crippen LogP) is 2.93. The number of hydrogen-bond acceptors (Lipinski definition) is 5. The Bertz CT molecular complexity index is 1060. The first-order valence-corrected chi connectivity index (χ1v) is 9.11. The van der Waals surface area contributed by atoms with Gasteiger partial charge < -0.3 is 19.8 Å². The molecule has 0 saturated heterocycles. The Morgan fingerprint density at radius 3 is 2.68 bits per heavy atom. The molecule has 2 aromatic heterocycles. The van der Waals surface area contributed by atoms with Crippen molar-refractivity contribution < 1.29 is 31.9 Å². The molecule has 1 atom stereocenters. The van der Waals surface area contributed by atoms with Crippen molar-refractivity contribution in [3.63, 3.8) is 0 Å². The summed E-state index contributed by atoms with van der Waals surface area (Å²) in [4.78, 5) is 24.8. The number of aromatic nitrogens is 2. The number of carbonyl (C=O) groups is 2. The highest BCUT2D eigenvalue weighted by Gasteiger charge is 2.31. The first-order chi connectivity index (χ1) is 14.7. The summed E-state index contributed by atoms with van der Waals surface area (Å²) in [5, 5.41) is 9.13. The van der Waals surface area contributed by atoms with Gasteiger partial charge in [-0.1, -0.05) is 6.07 Å². The van der Waals surface area contributed by atoms with Crippen molar-refractivity contribution in [2.45, 2.75) is 25.7 Å². The number of nitrogens with one attached hydrogen (secondary N) is 2. The van der Waals surface area contributed by atoms with E-state index < -0.39 is 29.6 Å². The normalized spacial score (nSPS) is 12.3. The van der Waals surface area contributed by atoms with Gasteiger partial charge in [0.1, 0.15) is 11.8 Å². The van der Waals surface area contributed by atoms with E-state index in [-0.39, 0.29) is 23.7 Å². The summed E-state index contributed by atoms with van der Waals surface area (Å²) >= 11 is 0. The van der Waals surface area contributed by atoms with Gasteiger partial charge in [-0.2, -0.15) is 18.3 Å². The highest BCUT2D eigenvalue weighted by molar-refractivity contribution is 5.98. The zero-order valence-electron chi connectivity index (χ0n) is 16.6. The Hall–Kier alpha value is -3.76. The average molecular weight is 436 g/mol. The summed E-state index contributed by atoms with van der Waals surface area (Å²) in [6.07, 6.45) is -1.77. The number of amides is 2. The van der Waals surface area contributed by atoms with Crippen LogP contribution < -0.4 is 15.4 Å². The van der Waals surface area contributed by atoms with Crippen LogP contribution in [0.4, 0.5) is 13.2 Å².